The van der Waals surface area contributed by atoms with Crippen LogP contribution < -0.4 is 0 Å². The molecule has 0 aromatic carbocycles. The second-order valence-corrected chi connectivity index (χ2v) is 2.41. The van der Waals surface area contributed by atoms with Crippen LogP contribution in [0.15, 0.2) is 0 Å². The molecule has 0 fully saturated rings. The fourth-order valence-electron chi connectivity index (χ4n) is 0.510. The molecule has 0 aromatic rings. The molecular weight excluding hydrogens is 122 g/mol. The maximum atomic E-state index is 5.75. The highest BCUT2D eigenvalue weighted by Gasteiger charge is 2.03. The van der Waals surface area contributed by atoms with Gasteiger partial charge in [0.2, 0.25) is 0 Å². The van der Waals surface area contributed by atoms with Crippen LogP contribution in [0.5, 0.6) is 0 Å². The Hall–Kier alpha value is 0.250. The van der Waals surface area contributed by atoms with Crippen molar-refractivity contribution in [1.82, 2.24) is 4.42 Å². The van der Waals surface area contributed by atoms with Gasteiger partial charge in [0.05, 0.1) is 0 Å². The van der Waals surface area contributed by atoms with Gasteiger partial charge < -0.3 is 0 Å². The van der Waals surface area contributed by atoms with Crippen LogP contribution in [0.1, 0.15) is 27.2 Å². The molecule has 8 heavy (non-hydrogen) atoms. The lowest BCUT2D eigenvalue weighted by Gasteiger charge is -2.17. The van der Waals surface area contributed by atoms with E-state index < -0.39 is 0 Å². The van der Waals surface area contributed by atoms with Gasteiger partial charge in [-0.15, -0.1) is 0 Å². The van der Waals surface area contributed by atoms with Crippen LogP contribution >= 0.6 is 11.8 Å². The molecule has 0 aliphatic heterocycles. The van der Waals surface area contributed by atoms with Crippen LogP contribution in [0.25, 0.3) is 0 Å². The van der Waals surface area contributed by atoms with E-state index in [2.05, 4.69) is 20.8 Å². The van der Waals surface area contributed by atoms with Gasteiger partial charge in [0, 0.05) is 12.6 Å². The molecule has 0 aliphatic carbocycles. The second kappa shape index (κ2) is 4.16. The van der Waals surface area contributed by atoms with Crippen molar-refractivity contribution in [3.8, 4) is 0 Å². The summed E-state index contributed by atoms with van der Waals surface area (Å²) in [6.07, 6.45) is 1.12. The predicted molar refractivity (Wildman–Crippen MR) is 38.0 cm³/mol. The number of rotatable bonds is 3. The zero-order valence-corrected chi connectivity index (χ0v) is 6.57. The van der Waals surface area contributed by atoms with E-state index in [0.717, 1.165) is 13.0 Å². The molecule has 0 amide bonds. The minimum absolute atomic E-state index is 0.515. The maximum absolute atomic E-state index is 5.75. The average molecular weight is 136 g/mol. The molecular formula is C6H14ClN. The molecule has 2 heteroatoms. The first-order valence-electron chi connectivity index (χ1n) is 3.14. The van der Waals surface area contributed by atoms with Gasteiger partial charge >= 0.3 is 0 Å². The summed E-state index contributed by atoms with van der Waals surface area (Å²) in [7, 11) is 0. The van der Waals surface area contributed by atoms with E-state index in [4.69, 9.17) is 11.8 Å². The Bertz CT molecular complexity index is 48.5. The Labute approximate surface area is 56.7 Å². The van der Waals surface area contributed by atoms with Crippen molar-refractivity contribution in [1.29, 1.82) is 0 Å². The molecule has 1 unspecified atom stereocenters. The lowest BCUT2D eigenvalue weighted by atomic mass is 10.3. The van der Waals surface area contributed by atoms with Crippen molar-refractivity contribution >= 4 is 11.8 Å². The van der Waals surface area contributed by atoms with E-state index in [1.807, 2.05) is 4.42 Å². The van der Waals surface area contributed by atoms with Gasteiger partial charge in [-0.25, -0.2) is 4.42 Å². The van der Waals surface area contributed by atoms with Gasteiger partial charge in [0.25, 0.3) is 0 Å². The topological polar surface area (TPSA) is 3.24 Å². The van der Waals surface area contributed by atoms with Gasteiger partial charge in [0.15, 0.2) is 0 Å². The third kappa shape index (κ3) is 2.53. The zero-order chi connectivity index (χ0) is 6.57. The standard InChI is InChI=1S/C6H14ClN/c1-4-6(3)8(7)5-2/h6H,4-5H2,1-3H3. The van der Waals surface area contributed by atoms with Crippen molar-refractivity contribution in [2.45, 2.75) is 33.2 Å². The maximum Gasteiger partial charge on any atom is 0.0220 e. The highest BCUT2D eigenvalue weighted by molar-refractivity contribution is 6.13. The molecule has 0 saturated carbocycles. The molecule has 0 aliphatic rings. The molecule has 0 N–H and O–H groups in total. The van der Waals surface area contributed by atoms with E-state index in [1.54, 1.807) is 0 Å². The molecule has 0 radical (unpaired) electrons. The Morgan fingerprint density at radius 2 is 2.00 bits per heavy atom. The Kier molecular flexibility index (Phi) is 4.29. The van der Waals surface area contributed by atoms with Gasteiger partial charge in [-0.3, -0.25) is 0 Å². The van der Waals surface area contributed by atoms with Gasteiger partial charge in [-0.05, 0) is 25.1 Å². The summed E-state index contributed by atoms with van der Waals surface area (Å²) in [5.74, 6) is 0. The monoisotopic (exact) mass is 135 g/mol. The SMILES string of the molecule is CCC(C)N(Cl)CC. The van der Waals surface area contributed by atoms with Crippen LogP contribution in [0.2, 0.25) is 0 Å². The van der Waals surface area contributed by atoms with Gasteiger partial charge in [-0.1, -0.05) is 13.8 Å². The predicted octanol–water partition coefficient (Wildman–Crippen LogP) is 2.26. The molecule has 1 atom stereocenters. The minimum Gasteiger partial charge on any atom is -0.218 e. The third-order valence-electron chi connectivity index (χ3n) is 1.37. The molecule has 0 aromatic heterocycles. The first-order chi connectivity index (χ1) is 3.72. The van der Waals surface area contributed by atoms with Crippen LogP contribution in [0, 0.1) is 0 Å². The summed E-state index contributed by atoms with van der Waals surface area (Å²) in [6.45, 7) is 7.24. The van der Waals surface area contributed by atoms with Crippen LogP contribution in [0.3, 0.4) is 0 Å². The van der Waals surface area contributed by atoms with E-state index in [0.29, 0.717) is 6.04 Å². The van der Waals surface area contributed by atoms with Crippen LogP contribution in [0.4, 0.5) is 0 Å². The Morgan fingerprint density at radius 3 is 2.12 bits per heavy atom. The first kappa shape index (κ1) is 8.25. The molecule has 0 heterocycles. The third-order valence-corrected chi connectivity index (χ3v) is 1.94. The van der Waals surface area contributed by atoms with E-state index >= 15 is 0 Å². The van der Waals surface area contributed by atoms with Crippen molar-refractivity contribution in [3.05, 3.63) is 0 Å². The Morgan fingerprint density at radius 1 is 1.50 bits per heavy atom. The zero-order valence-electron chi connectivity index (χ0n) is 5.82. The largest absolute Gasteiger partial charge is 0.218 e. The smallest absolute Gasteiger partial charge is 0.0220 e. The molecule has 0 rings (SSSR count). The number of nitrogens with zero attached hydrogens (tertiary/aromatic N) is 1. The van der Waals surface area contributed by atoms with Crippen LogP contribution in [-0.2, 0) is 0 Å². The van der Waals surface area contributed by atoms with E-state index in [9.17, 15) is 0 Å². The summed E-state index contributed by atoms with van der Waals surface area (Å²) in [5.41, 5.74) is 0. The summed E-state index contributed by atoms with van der Waals surface area (Å²) >= 11 is 5.75. The summed E-state index contributed by atoms with van der Waals surface area (Å²) in [4.78, 5) is 0. The molecule has 1 nitrogen and oxygen atoms in total. The number of halogens is 1. The minimum atomic E-state index is 0.515. The average Bonchev–Trinajstić information content (AvgIpc) is 1.84. The molecule has 0 saturated heterocycles. The molecule has 0 bridgehead atoms. The van der Waals surface area contributed by atoms with E-state index in [-0.39, 0.29) is 0 Å². The second-order valence-electron chi connectivity index (χ2n) is 1.97. The highest BCUT2D eigenvalue weighted by Crippen LogP contribution is 2.04. The highest BCUT2D eigenvalue weighted by atomic mass is 35.5. The number of hydrogen-bond acceptors (Lipinski definition) is 1. The van der Waals surface area contributed by atoms with Gasteiger partial charge in [-0.2, -0.15) is 0 Å². The fourth-order valence-corrected chi connectivity index (χ4v) is 0.648. The summed E-state index contributed by atoms with van der Waals surface area (Å²) in [6, 6.07) is 0.515. The lowest BCUT2D eigenvalue weighted by molar-refractivity contribution is 0.367. The van der Waals surface area contributed by atoms with Crippen LogP contribution in [-0.4, -0.2) is 17.0 Å². The van der Waals surface area contributed by atoms with Crippen molar-refractivity contribution in [3.63, 3.8) is 0 Å². The van der Waals surface area contributed by atoms with Gasteiger partial charge in [0.1, 0.15) is 0 Å². The molecule has 50 valence electrons. The first-order valence-corrected chi connectivity index (χ1v) is 3.48. The summed E-state index contributed by atoms with van der Waals surface area (Å²) < 4.78 is 1.82. The van der Waals surface area contributed by atoms with Crippen molar-refractivity contribution in [2.75, 3.05) is 6.54 Å². The Balaban J connectivity index is 3.29. The number of hydrogen-bond donors (Lipinski definition) is 0. The van der Waals surface area contributed by atoms with Crippen molar-refractivity contribution in [2.24, 2.45) is 0 Å². The quantitative estimate of drug-likeness (QED) is 0.537. The normalized spacial score (nSPS) is 14.6. The van der Waals surface area contributed by atoms with Crippen molar-refractivity contribution < 1.29 is 0 Å². The molecule has 0 spiro atoms. The fraction of sp³-hybridized carbons (Fsp3) is 1.00. The lowest BCUT2D eigenvalue weighted by Crippen LogP contribution is -2.22. The summed E-state index contributed by atoms with van der Waals surface area (Å²) in [5, 5.41) is 0. The van der Waals surface area contributed by atoms with E-state index in [1.165, 1.54) is 0 Å².